The van der Waals surface area contributed by atoms with Crippen LogP contribution in [-0.4, -0.2) is 24.7 Å². The summed E-state index contributed by atoms with van der Waals surface area (Å²) in [6.45, 7) is 4.59. The lowest BCUT2D eigenvalue weighted by atomic mass is 10.1. The van der Waals surface area contributed by atoms with Crippen LogP contribution in [0.2, 0.25) is 0 Å². The first-order chi connectivity index (χ1) is 8.08. The number of nitrogen functional groups attached to an aromatic ring is 1. The Hall–Kier alpha value is -1.55. The maximum absolute atomic E-state index is 12.0. The highest BCUT2D eigenvalue weighted by Crippen LogP contribution is 2.15. The van der Waals surface area contributed by atoms with Gasteiger partial charge in [-0.3, -0.25) is 4.79 Å². The van der Waals surface area contributed by atoms with Crippen LogP contribution in [0.4, 0.5) is 5.69 Å². The van der Waals surface area contributed by atoms with Crippen molar-refractivity contribution in [2.75, 3.05) is 12.3 Å². The van der Waals surface area contributed by atoms with Gasteiger partial charge in [-0.15, -0.1) is 0 Å². The molecular weight excluding hydrogens is 216 g/mol. The minimum Gasteiger partial charge on any atom is -0.399 e. The predicted octanol–water partition coefficient (Wildman–Crippen LogP) is 1.48. The first kappa shape index (κ1) is 11.9. The van der Waals surface area contributed by atoms with E-state index < -0.39 is 0 Å². The summed E-state index contributed by atoms with van der Waals surface area (Å²) in [4.78, 5) is 12.0. The third-order valence-electron chi connectivity index (χ3n) is 3.22. The van der Waals surface area contributed by atoms with Gasteiger partial charge in [0.05, 0.1) is 12.1 Å². The van der Waals surface area contributed by atoms with E-state index in [1.54, 1.807) is 12.1 Å². The fourth-order valence-corrected chi connectivity index (χ4v) is 1.99. The quantitative estimate of drug-likeness (QED) is 0.762. The molecular formula is C13H18N2O2. The van der Waals surface area contributed by atoms with Crippen LogP contribution in [0.15, 0.2) is 18.2 Å². The number of nitrogens with one attached hydrogen (secondary N) is 1. The minimum absolute atomic E-state index is 0.0598. The van der Waals surface area contributed by atoms with Crippen LogP contribution in [0.5, 0.6) is 0 Å². The van der Waals surface area contributed by atoms with Crippen molar-refractivity contribution in [3.05, 3.63) is 29.3 Å². The zero-order chi connectivity index (χ0) is 12.4. The van der Waals surface area contributed by atoms with Crippen LogP contribution in [0.1, 0.15) is 29.3 Å². The smallest absolute Gasteiger partial charge is 0.251 e. The number of ether oxygens (including phenoxy) is 1. The number of benzene rings is 1. The largest absolute Gasteiger partial charge is 0.399 e. The molecule has 4 nitrogen and oxygen atoms in total. The normalized spacial score (nSPS) is 23.6. The van der Waals surface area contributed by atoms with Gasteiger partial charge in [0.15, 0.2) is 0 Å². The molecule has 2 rings (SSSR count). The fraction of sp³-hybridized carbons (Fsp3) is 0.462. The highest BCUT2D eigenvalue weighted by Gasteiger charge is 2.25. The summed E-state index contributed by atoms with van der Waals surface area (Å²) in [6, 6.07) is 5.43. The van der Waals surface area contributed by atoms with Crippen molar-refractivity contribution < 1.29 is 9.53 Å². The Kier molecular flexibility index (Phi) is 3.33. The Morgan fingerprint density at radius 1 is 1.53 bits per heavy atom. The molecule has 0 radical (unpaired) electrons. The van der Waals surface area contributed by atoms with Crippen molar-refractivity contribution in [1.82, 2.24) is 5.32 Å². The SMILES string of the molecule is Cc1cc(C(=O)NC2CCOC2C)ccc1N. The predicted molar refractivity (Wildman–Crippen MR) is 66.9 cm³/mol. The topological polar surface area (TPSA) is 64.3 Å². The summed E-state index contributed by atoms with van der Waals surface area (Å²) in [5, 5.41) is 2.99. The Bertz CT molecular complexity index is 431. The molecule has 0 aromatic heterocycles. The summed E-state index contributed by atoms with van der Waals surface area (Å²) in [7, 11) is 0. The van der Waals surface area contributed by atoms with Crippen LogP contribution in [0, 0.1) is 6.92 Å². The average molecular weight is 234 g/mol. The summed E-state index contributed by atoms with van der Waals surface area (Å²) in [5.41, 5.74) is 8.00. The summed E-state index contributed by atoms with van der Waals surface area (Å²) in [5.74, 6) is -0.0598. The number of carbonyl (C=O) groups is 1. The van der Waals surface area contributed by atoms with Crippen molar-refractivity contribution >= 4 is 11.6 Å². The van der Waals surface area contributed by atoms with Crippen molar-refractivity contribution in [2.45, 2.75) is 32.4 Å². The van der Waals surface area contributed by atoms with Gasteiger partial charge in [0.25, 0.3) is 5.91 Å². The number of aryl methyl sites for hydroxylation is 1. The lowest BCUT2D eigenvalue weighted by Crippen LogP contribution is -2.39. The van der Waals surface area contributed by atoms with E-state index in [9.17, 15) is 4.79 Å². The molecule has 0 bridgehead atoms. The van der Waals surface area contributed by atoms with E-state index in [0.29, 0.717) is 17.9 Å². The van der Waals surface area contributed by atoms with E-state index in [2.05, 4.69) is 5.32 Å². The van der Waals surface area contributed by atoms with E-state index in [-0.39, 0.29) is 18.1 Å². The lowest BCUT2D eigenvalue weighted by molar-refractivity contribution is 0.0866. The van der Waals surface area contributed by atoms with Crippen molar-refractivity contribution in [1.29, 1.82) is 0 Å². The molecule has 1 aliphatic heterocycles. The number of hydrogen-bond acceptors (Lipinski definition) is 3. The lowest BCUT2D eigenvalue weighted by Gasteiger charge is -2.16. The number of rotatable bonds is 2. The third-order valence-corrected chi connectivity index (χ3v) is 3.22. The van der Waals surface area contributed by atoms with Crippen LogP contribution >= 0.6 is 0 Å². The summed E-state index contributed by atoms with van der Waals surface area (Å²) < 4.78 is 5.41. The van der Waals surface area contributed by atoms with E-state index in [1.807, 2.05) is 19.9 Å². The molecule has 17 heavy (non-hydrogen) atoms. The van der Waals surface area contributed by atoms with Crippen molar-refractivity contribution in [3.63, 3.8) is 0 Å². The molecule has 4 heteroatoms. The first-order valence-electron chi connectivity index (χ1n) is 5.86. The van der Waals surface area contributed by atoms with Gasteiger partial charge in [0.1, 0.15) is 0 Å². The zero-order valence-electron chi connectivity index (χ0n) is 10.2. The van der Waals surface area contributed by atoms with E-state index >= 15 is 0 Å². The second kappa shape index (κ2) is 4.75. The number of hydrogen-bond donors (Lipinski definition) is 2. The van der Waals surface area contributed by atoms with Gasteiger partial charge in [-0.25, -0.2) is 0 Å². The highest BCUT2D eigenvalue weighted by molar-refractivity contribution is 5.95. The Morgan fingerprint density at radius 2 is 2.29 bits per heavy atom. The minimum atomic E-state index is -0.0598. The highest BCUT2D eigenvalue weighted by atomic mass is 16.5. The first-order valence-corrected chi connectivity index (χ1v) is 5.86. The van der Waals surface area contributed by atoms with Gasteiger partial charge in [-0.2, -0.15) is 0 Å². The van der Waals surface area contributed by atoms with Crippen LogP contribution in [0.25, 0.3) is 0 Å². The molecule has 1 heterocycles. The van der Waals surface area contributed by atoms with Gasteiger partial charge in [0, 0.05) is 17.9 Å². The Morgan fingerprint density at radius 3 is 2.88 bits per heavy atom. The number of amides is 1. The van der Waals surface area contributed by atoms with Crippen molar-refractivity contribution in [2.24, 2.45) is 0 Å². The monoisotopic (exact) mass is 234 g/mol. The molecule has 1 fully saturated rings. The van der Waals surface area contributed by atoms with Gasteiger partial charge in [-0.05, 0) is 44.0 Å². The molecule has 1 aromatic carbocycles. The molecule has 2 atom stereocenters. The molecule has 1 amide bonds. The molecule has 1 saturated heterocycles. The third kappa shape index (κ3) is 2.58. The summed E-state index contributed by atoms with van der Waals surface area (Å²) in [6.07, 6.45) is 0.967. The Labute approximate surface area is 101 Å². The van der Waals surface area contributed by atoms with E-state index in [1.165, 1.54) is 0 Å². The molecule has 0 spiro atoms. The standard InChI is InChI=1S/C13H18N2O2/c1-8-7-10(3-4-11(8)14)13(16)15-12-5-6-17-9(12)2/h3-4,7,9,12H,5-6,14H2,1-2H3,(H,15,16). The number of carbonyl (C=O) groups excluding carboxylic acids is 1. The van der Waals surface area contributed by atoms with E-state index in [0.717, 1.165) is 12.0 Å². The van der Waals surface area contributed by atoms with Crippen LogP contribution in [-0.2, 0) is 4.74 Å². The number of nitrogens with two attached hydrogens (primary N) is 1. The second-order valence-electron chi connectivity index (χ2n) is 4.52. The molecule has 2 unspecified atom stereocenters. The number of anilines is 1. The van der Waals surface area contributed by atoms with E-state index in [4.69, 9.17) is 10.5 Å². The zero-order valence-corrected chi connectivity index (χ0v) is 10.2. The van der Waals surface area contributed by atoms with Gasteiger partial charge in [-0.1, -0.05) is 0 Å². The van der Waals surface area contributed by atoms with Crippen LogP contribution in [0.3, 0.4) is 0 Å². The molecule has 0 aliphatic carbocycles. The second-order valence-corrected chi connectivity index (χ2v) is 4.52. The maximum Gasteiger partial charge on any atom is 0.251 e. The van der Waals surface area contributed by atoms with Gasteiger partial charge >= 0.3 is 0 Å². The summed E-state index contributed by atoms with van der Waals surface area (Å²) >= 11 is 0. The van der Waals surface area contributed by atoms with Crippen LogP contribution < -0.4 is 11.1 Å². The molecule has 1 aromatic rings. The maximum atomic E-state index is 12.0. The average Bonchev–Trinajstić information content (AvgIpc) is 2.68. The fourth-order valence-electron chi connectivity index (χ4n) is 1.99. The molecule has 0 saturated carbocycles. The molecule has 92 valence electrons. The van der Waals surface area contributed by atoms with Crippen molar-refractivity contribution in [3.8, 4) is 0 Å². The molecule has 1 aliphatic rings. The Balaban J connectivity index is 2.06. The van der Waals surface area contributed by atoms with Gasteiger partial charge in [0.2, 0.25) is 0 Å². The van der Waals surface area contributed by atoms with Gasteiger partial charge < -0.3 is 15.8 Å². The molecule has 3 N–H and O–H groups in total.